The summed E-state index contributed by atoms with van der Waals surface area (Å²) in [6, 6.07) is 7.70. The van der Waals surface area contributed by atoms with Gasteiger partial charge in [-0.15, -0.1) is 0 Å². The summed E-state index contributed by atoms with van der Waals surface area (Å²) >= 11 is 0. The SMILES string of the molecule is O=C(NCc1noc2ccccc12)N1CCN(C2CC2)C(=O)C1. The van der Waals surface area contributed by atoms with Gasteiger partial charge < -0.3 is 19.6 Å². The van der Waals surface area contributed by atoms with Gasteiger partial charge in [0.1, 0.15) is 12.2 Å². The molecule has 1 aromatic carbocycles. The zero-order valence-corrected chi connectivity index (χ0v) is 12.7. The van der Waals surface area contributed by atoms with E-state index in [2.05, 4.69) is 10.5 Å². The number of aromatic nitrogens is 1. The van der Waals surface area contributed by atoms with E-state index in [9.17, 15) is 9.59 Å². The van der Waals surface area contributed by atoms with Crippen LogP contribution < -0.4 is 5.32 Å². The van der Waals surface area contributed by atoms with Crippen LogP contribution in [0, 0.1) is 0 Å². The summed E-state index contributed by atoms with van der Waals surface area (Å²) < 4.78 is 5.22. The Morgan fingerprint density at radius 1 is 1.30 bits per heavy atom. The van der Waals surface area contributed by atoms with E-state index in [4.69, 9.17) is 4.52 Å². The Kier molecular flexibility index (Phi) is 3.40. The van der Waals surface area contributed by atoms with Gasteiger partial charge in [-0.2, -0.15) is 0 Å². The molecular weight excluding hydrogens is 296 g/mol. The summed E-state index contributed by atoms with van der Waals surface area (Å²) in [5.74, 6) is 0.0424. The van der Waals surface area contributed by atoms with Crippen LogP contribution in [0.5, 0.6) is 0 Å². The van der Waals surface area contributed by atoms with Crippen LogP contribution in [0.3, 0.4) is 0 Å². The van der Waals surface area contributed by atoms with E-state index in [1.165, 1.54) is 0 Å². The molecule has 0 spiro atoms. The monoisotopic (exact) mass is 314 g/mol. The molecule has 2 fully saturated rings. The van der Waals surface area contributed by atoms with E-state index in [0.29, 0.717) is 30.4 Å². The third-order valence-corrected chi connectivity index (χ3v) is 4.39. The average molecular weight is 314 g/mol. The van der Waals surface area contributed by atoms with Crippen LogP contribution in [0.25, 0.3) is 11.0 Å². The van der Waals surface area contributed by atoms with Gasteiger partial charge in [0.15, 0.2) is 5.58 Å². The maximum Gasteiger partial charge on any atom is 0.318 e. The number of nitrogens with zero attached hydrogens (tertiary/aromatic N) is 3. The Balaban J connectivity index is 1.36. The lowest BCUT2D eigenvalue weighted by molar-refractivity contribution is -0.135. The van der Waals surface area contributed by atoms with Crippen molar-refractivity contribution in [3.63, 3.8) is 0 Å². The Labute approximate surface area is 133 Å². The molecule has 0 radical (unpaired) electrons. The third kappa shape index (κ3) is 2.74. The van der Waals surface area contributed by atoms with Crippen LogP contribution in [0.15, 0.2) is 28.8 Å². The van der Waals surface area contributed by atoms with Crippen molar-refractivity contribution in [2.24, 2.45) is 0 Å². The first-order chi connectivity index (χ1) is 11.2. The van der Waals surface area contributed by atoms with Crippen molar-refractivity contribution < 1.29 is 14.1 Å². The van der Waals surface area contributed by atoms with Crippen LogP contribution in [0.4, 0.5) is 4.79 Å². The van der Waals surface area contributed by atoms with E-state index in [-0.39, 0.29) is 25.0 Å². The largest absolute Gasteiger partial charge is 0.356 e. The van der Waals surface area contributed by atoms with Gasteiger partial charge in [0.25, 0.3) is 0 Å². The molecule has 0 atom stereocenters. The summed E-state index contributed by atoms with van der Waals surface area (Å²) in [5.41, 5.74) is 1.39. The first-order valence-corrected chi connectivity index (χ1v) is 7.88. The number of piperazine rings is 1. The number of hydrogen-bond acceptors (Lipinski definition) is 4. The first kappa shape index (κ1) is 14.0. The van der Waals surface area contributed by atoms with E-state index < -0.39 is 0 Å². The second-order valence-electron chi connectivity index (χ2n) is 6.02. The minimum Gasteiger partial charge on any atom is -0.356 e. The van der Waals surface area contributed by atoms with Gasteiger partial charge in [-0.05, 0) is 25.0 Å². The molecule has 2 aliphatic rings. The van der Waals surface area contributed by atoms with Crippen molar-refractivity contribution in [3.05, 3.63) is 30.0 Å². The molecule has 7 heteroatoms. The number of para-hydroxylation sites is 1. The number of carbonyl (C=O) groups is 2. The molecular formula is C16H18N4O3. The highest BCUT2D eigenvalue weighted by molar-refractivity contribution is 5.86. The van der Waals surface area contributed by atoms with Crippen molar-refractivity contribution in [1.29, 1.82) is 0 Å². The minimum atomic E-state index is -0.235. The predicted octanol–water partition coefficient (Wildman–Crippen LogP) is 1.34. The predicted molar refractivity (Wildman–Crippen MR) is 82.6 cm³/mol. The van der Waals surface area contributed by atoms with Crippen molar-refractivity contribution in [2.45, 2.75) is 25.4 Å². The topological polar surface area (TPSA) is 78.7 Å². The van der Waals surface area contributed by atoms with Crippen molar-refractivity contribution >= 4 is 22.9 Å². The number of rotatable bonds is 3. The fourth-order valence-electron chi connectivity index (χ4n) is 2.97. The van der Waals surface area contributed by atoms with Crippen molar-refractivity contribution in [2.75, 3.05) is 19.6 Å². The molecule has 1 saturated heterocycles. The van der Waals surface area contributed by atoms with Crippen LogP contribution in [0.1, 0.15) is 18.5 Å². The molecule has 0 unspecified atom stereocenters. The molecule has 2 aromatic rings. The number of benzene rings is 1. The Morgan fingerprint density at radius 2 is 2.13 bits per heavy atom. The Bertz CT molecular complexity index is 753. The van der Waals surface area contributed by atoms with Crippen molar-refractivity contribution in [1.82, 2.24) is 20.3 Å². The van der Waals surface area contributed by atoms with Gasteiger partial charge >= 0.3 is 6.03 Å². The number of hydrogen-bond donors (Lipinski definition) is 1. The molecule has 1 aromatic heterocycles. The van der Waals surface area contributed by atoms with Crippen molar-refractivity contribution in [3.8, 4) is 0 Å². The van der Waals surface area contributed by atoms with Crippen LogP contribution in [0.2, 0.25) is 0 Å². The summed E-state index contributed by atoms with van der Waals surface area (Å²) in [4.78, 5) is 27.8. The maximum atomic E-state index is 12.3. The minimum absolute atomic E-state index is 0.0424. The highest BCUT2D eigenvalue weighted by Crippen LogP contribution is 2.28. The molecule has 1 aliphatic carbocycles. The second kappa shape index (κ2) is 5.57. The van der Waals surface area contributed by atoms with Crippen LogP contribution in [-0.2, 0) is 11.3 Å². The molecule has 1 saturated carbocycles. The normalized spacial score (nSPS) is 18.5. The molecule has 7 nitrogen and oxygen atoms in total. The maximum absolute atomic E-state index is 12.3. The summed E-state index contributed by atoms with van der Waals surface area (Å²) in [6.07, 6.45) is 2.19. The van der Waals surface area contributed by atoms with Gasteiger partial charge in [-0.3, -0.25) is 4.79 Å². The van der Waals surface area contributed by atoms with Gasteiger partial charge in [-0.25, -0.2) is 4.79 Å². The molecule has 23 heavy (non-hydrogen) atoms. The highest BCUT2D eigenvalue weighted by Gasteiger charge is 2.36. The number of nitrogens with one attached hydrogen (secondary N) is 1. The molecule has 3 amide bonds. The summed E-state index contributed by atoms with van der Waals surface area (Å²) in [6.45, 7) is 1.65. The summed E-state index contributed by atoms with van der Waals surface area (Å²) in [7, 11) is 0. The lowest BCUT2D eigenvalue weighted by Crippen LogP contribution is -2.55. The van der Waals surface area contributed by atoms with Gasteiger partial charge in [0.2, 0.25) is 5.91 Å². The average Bonchev–Trinajstić information content (AvgIpc) is 3.32. The molecule has 4 rings (SSSR count). The third-order valence-electron chi connectivity index (χ3n) is 4.39. The number of fused-ring (bicyclic) bond motifs is 1. The van der Waals surface area contributed by atoms with E-state index >= 15 is 0 Å². The zero-order chi connectivity index (χ0) is 15.8. The number of amides is 3. The molecule has 120 valence electrons. The Morgan fingerprint density at radius 3 is 2.91 bits per heavy atom. The fraction of sp³-hybridized carbons (Fsp3) is 0.438. The quantitative estimate of drug-likeness (QED) is 0.927. The lowest BCUT2D eigenvalue weighted by Gasteiger charge is -2.34. The van der Waals surface area contributed by atoms with Crippen LogP contribution in [-0.4, -0.2) is 52.6 Å². The zero-order valence-electron chi connectivity index (χ0n) is 12.7. The lowest BCUT2D eigenvalue weighted by atomic mass is 10.2. The molecule has 1 N–H and O–H groups in total. The Hall–Kier alpha value is -2.57. The molecule has 0 bridgehead atoms. The highest BCUT2D eigenvalue weighted by atomic mass is 16.5. The smallest absolute Gasteiger partial charge is 0.318 e. The van der Waals surface area contributed by atoms with Gasteiger partial charge in [0, 0.05) is 24.5 Å². The summed E-state index contributed by atoms with van der Waals surface area (Å²) in [5, 5.41) is 7.70. The van der Waals surface area contributed by atoms with E-state index in [1.807, 2.05) is 29.2 Å². The fourth-order valence-corrected chi connectivity index (χ4v) is 2.97. The molecule has 1 aliphatic heterocycles. The number of urea groups is 1. The second-order valence-corrected chi connectivity index (χ2v) is 6.02. The van der Waals surface area contributed by atoms with Gasteiger partial charge in [0.05, 0.1) is 6.54 Å². The van der Waals surface area contributed by atoms with E-state index in [1.54, 1.807) is 4.90 Å². The first-order valence-electron chi connectivity index (χ1n) is 7.88. The van der Waals surface area contributed by atoms with Crippen LogP contribution >= 0.6 is 0 Å². The van der Waals surface area contributed by atoms with E-state index in [0.717, 1.165) is 18.2 Å². The number of carbonyl (C=O) groups excluding carboxylic acids is 2. The molecule has 2 heterocycles. The van der Waals surface area contributed by atoms with Gasteiger partial charge in [-0.1, -0.05) is 17.3 Å². The standard InChI is InChI=1S/C16H18N4O3/c21-15-10-19(7-8-20(15)11-5-6-11)16(22)17-9-13-12-3-1-2-4-14(12)23-18-13/h1-4,11H,5-10H2,(H,17,22).